The molecule has 6 heteroatoms. The molecule has 0 saturated heterocycles. The summed E-state index contributed by atoms with van der Waals surface area (Å²) in [7, 11) is 2.03. The third-order valence-electron chi connectivity index (χ3n) is 5.54. The van der Waals surface area contributed by atoms with Crippen molar-refractivity contribution < 1.29 is 0 Å². The number of nitrogens with two attached hydrogens (primary N) is 1. The highest BCUT2D eigenvalue weighted by Crippen LogP contribution is 2.37. The molecule has 0 aliphatic heterocycles. The zero-order valence-corrected chi connectivity index (χ0v) is 15.7. The van der Waals surface area contributed by atoms with Gasteiger partial charge in [-0.1, -0.05) is 0 Å². The second-order valence-electron chi connectivity index (χ2n) is 7.62. The third kappa shape index (κ3) is 3.85. The van der Waals surface area contributed by atoms with E-state index < -0.39 is 0 Å². The maximum Gasteiger partial charge on any atom is 0.126 e. The predicted molar refractivity (Wildman–Crippen MR) is 104 cm³/mol. The highest BCUT2D eigenvalue weighted by Gasteiger charge is 2.26. The van der Waals surface area contributed by atoms with Crippen LogP contribution in [-0.4, -0.2) is 26.8 Å². The van der Waals surface area contributed by atoms with Crippen LogP contribution in [0.2, 0.25) is 0 Å². The molecule has 5 nitrogen and oxygen atoms in total. The fraction of sp³-hybridized carbons (Fsp3) is 0.579. The van der Waals surface area contributed by atoms with Gasteiger partial charge in [-0.05, 0) is 56.9 Å². The lowest BCUT2D eigenvalue weighted by atomic mass is 9.92. The minimum Gasteiger partial charge on any atom is -0.367 e. The van der Waals surface area contributed by atoms with Gasteiger partial charge in [-0.3, -0.25) is 4.68 Å². The van der Waals surface area contributed by atoms with Crippen LogP contribution in [0.4, 0.5) is 5.82 Å². The highest BCUT2D eigenvalue weighted by molar-refractivity contribution is 7.80. The van der Waals surface area contributed by atoms with Gasteiger partial charge < -0.3 is 11.1 Å². The van der Waals surface area contributed by atoms with E-state index in [0.29, 0.717) is 12.1 Å². The number of nitrogens with one attached hydrogen (secondary N) is 1. The van der Waals surface area contributed by atoms with Crippen molar-refractivity contribution in [2.75, 3.05) is 5.32 Å². The number of pyridine rings is 1. The molecular weight excluding hydrogens is 330 g/mol. The van der Waals surface area contributed by atoms with Gasteiger partial charge in [-0.2, -0.15) is 5.10 Å². The number of thiol groups is 1. The van der Waals surface area contributed by atoms with Crippen molar-refractivity contribution in [3.05, 3.63) is 24.2 Å². The first-order valence-electron chi connectivity index (χ1n) is 9.32. The average Bonchev–Trinajstić information content (AvgIpc) is 3.35. The highest BCUT2D eigenvalue weighted by atomic mass is 32.1. The van der Waals surface area contributed by atoms with Crippen LogP contribution in [-0.2, 0) is 13.5 Å². The number of nitrogens with zero attached hydrogens (tertiary/aromatic N) is 3. The molecule has 0 unspecified atom stereocenters. The third-order valence-corrected chi connectivity index (χ3v) is 5.89. The molecule has 2 saturated carbocycles. The Kier molecular flexibility index (Phi) is 4.73. The molecule has 2 aliphatic carbocycles. The van der Waals surface area contributed by atoms with Crippen molar-refractivity contribution in [3.8, 4) is 11.1 Å². The van der Waals surface area contributed by atoms with Crippen molar-refractivity contribution >= 4 is 18.4 Å². The van der Waals surface area contributed by atoms with Crippen LogP contribution in [0.3, 0.4) is 0 Å². The topological polar surface area (TPSA) is 68.8 Å². The molecule has 0 aromatic carbocycles. The van der Waals surface area contributed by atoms with E-state index in [2.05, 4.69) is 34.1 Å². The molecule has 25 heavy (non-hydrogen) atoms. The van der Waals surface area contributed by atoms with Crippen LogP contribution < -0.4 is 11.1 Å². The predicted octanol–water partition coefficient (Wildman–Crippen LogP) is 3.41. The van der Waals surface area contributed by atoms with Gasteiger partial charge in [0.05, 0.1) is 6.20 Å². The van der Waals surface area contributed by atoms with Crippen LogP contribution in [0.25, 0.3) is 11.1 Å². The first kappa shape index (κ1) is 16.9. The second kappa shape index (κ2) is 7.00. The van der Waals surface area contributed by atoms with Crippen molar-refractivity contribution in [2.24, 2.45) is 18.7 Å². The van der Waals surface area contributed by atoms with E-state index in [0.717, 1.165) is 54.3 Å². The maximum absolute atomic E-state index is 6.01. The molecule has 3 N–H and O–H groups in total. The fourth-order valence-corrected chi connectivity index (χ4v) is 3.98. The number of aryl methyl sites for hydroxylation is 1. The normalized spacial score (nSPS) is 23.6. The van der Waals surface area contributed by atoms with Gasteiger partial charge in [0, 0.05) is 47.0 Å². The Bertz CT molecular complexity index is 744. The molecule has 2 heterocycles. The molecule has 0 atom stereocenters. The molecule has 134 valence electrons. The smallest absolute Gasteiger partial charge is 0.126 e. The molecule has 0 bridgehead atoms. The van der Waals surface area contributed by atoms with E-state index in [9.17, 15) is 0 Å². The molecule has 2 aromatic heterocycles. The summed E-state index contributed by atoms with van der Waals surface area (Å²) in [6.45, 7) is 0. The Labute approximate surface area is 154 Å². The van der Waals surface area contributed by atoms with E-state index in [1.54, 1.807) is 0 Å². The average molecular weight is 358 g/mol. The van der Waals surface area contributed by atoms with E-state index in [1.165, 1.54) is 24.1 Å². The lowest BCUT2D eigenvalue weighted by Gasteiger charge is -2.27. The maximum atomic E-state index is 6.01. The minimum absolute atomic E-state index is 0.363. The van der Waals surface area contributed by atoms with Crippen LogP contribution in [0, 0.1) is 5.92 Å². The van der Waals surface area contributed by atoms with E-state index in [4.69, 9.17) is 5.73 Å². The zero-order valence-electron chi connectivity index (χ0n) is 14.8. The SMILES string of the molecule is Cn1ncc(-c2cc(NC3CCC(N)CC3)ncc2S)c1CC1CC1. The molecule has 0 spiro atoms. The number of hydrogen-bond donors (Lipinski definition) is 3. The Balaban J connectivity index is 1.57. The van der Waals surface area contributed by atoms with Crippen LogP contribution >= 0.6 is 12.6 Å². The van der Waals surface area contributed by atoms with Gasteiger partial charge in [0.15, 0.2) is 0 Å². The summed E-state index contributed by atoms with van der Waals surface area (Å²) in [6, 6.07) is 2.96. The van der Waals surface area contributed by atoms with E-state index in [-0.39, 0.29) is 0 Å². The quantitative estimate of drug-likeness (QED) is 0.717. The molecular formula is C19H27N5S. The van der Waals surface area contributed by atoms with Crippen molar-refractivity contribution in [1.82, 2.24) is 14.8 Å². The summed E-state index contributed by atoms with van der Waals surface area (Å²) < 4.78 is 2.01. The van der Waals surface area contributed by atoms with Gasteiger partial charge >= 0.3 is 0 Å². The lowest BCUT2D eigenvalue weighted by Crippen LogP contribution is -2.33. The van der Waals surface area contributed by atoms with Gasteiger partial charge in [-0.25, -0.2) is 4.98 Å². The molecule has 2 aliphatic rings. The monoisotopic (exact) mass is 357 g/mol. The van der Waals surface area contributed by atoms with Gasteiger partial charge in [0.25, 0.3) is 0 Å². The zero-order chi connectivity index (χ0) is 17.4. The van der Waals surface area contributed by atoms with Crippen molar-refractivity contribution in [3.63, 3.8) is 0 Å². The molecule has 4 rings (SSSR count). The summed E-state index contributed by atoms with van der Waals surface area (Å²) in [6.07, 6.45) is 12.0. The molecule has 0 amide bonds. The number of aromatic nitrogens is 3. The summed E-state index contributed by atoms with van der Waals surface area (Å²) in [5, 5.41) is 8.09. The Morgan fingerprint density at radius 2 is 1.92 bits per heavy atom. The van der Waals surface area contributed by atoms with Crippen molar-refractivity contribution in [1.29, 1.82) is 0 Å². The second-order valence-corrected chi connectivity index (χ2v) is 8.10. The molecule has 2 aromatic rings. The van der Waals surface area contributed by atoms with Gasteiger partial charge in [0.1, 0.15) is 5.82 Å². The molecule has 0 radical (unpaired) electrons. The fourth-order valence-electron chi connectivity index (χ4n) is 3.74. The minimum atomic E-state index is 0.363. The molecule has 2 fully saturated rings. The summed E-state index contributed by atoms with van der Waals surface area (Å²) in [5.74, 6) is 1.75. The van der Waals surface area contributed by atoms with E-state index in [1.807, 2.05) is 24.1 Å². The summed E-state index contributed by atoms with van der Waals surface area (Å²) in [4.78, 5) is 5.45. The lowest BCUT2D eigenvalue weighted by molar-refractivity contribution is 0.410. The number of hydrogen-bond acceptors (Lipinski definition) is 5. The van der Waals surface area contributed by atoms with Crippen molar-refractivity contribution in [2.45, 2.75) is 61.9 Å². The van der Waals surface area contributed by atoms with Crippen LogP contribution in [0.5, 0.6) is 0 Å². The van der Waals surface area contributed by atoms with Gasteiger partial charge in [0.2, 0.25) is 0 Å². The van der Waals surface area contributed by atoms with Crippen LogP contribution in [0.1, 0.15) is 44.2 Å². The Morgan fingerprint density at radius 1 is 1.16 bits per heavy atom. The summed E-state index contributed by atoms with van der Waals surface area (Å²) in [5.41, 5.74) is 9.63. The number of anilines is 1. The Hall–Kier alpha value is -1.53. The first-order chi connectivity index (χ1) is 12.1. The van der Waals surface area contributed by atoms with Crippen LogP contribution in [0.15, 0.2) is 23.4 Å². The van der Waals surface area contributed by atoms with Gasteiger partial charge in [-0.15, -0.1) is 12.6 Å². The van der Waals surface area contributed by atoms with E-state index >= 15 is 0 Å². The largest absolute Gasteiger partial charge is 0.367 e. The first-order valence-corrected chi connectivity index (χ1v) is 9.77. The number of rotatable bonds is 5. The standard InChI is InChI=1S/C19H27N5S/c1-24-17(8-12-2-3-12)16(10-22-24)15-9-19(21-11-18(15)25)23-14-6-4-13(20)5-7-14/h9-14,25H,2-8,20H2,1H3,(H,21,23). The summed E-state index contributed by atoms with van der Waals surface area (Å²) >= 11 is 4.65. The Morgan fingerprint density at radius 3 is 2.64 bits per heavy atom.